The van der Waals surface area contributed by atoms with Crippen LogP contribution < -0.4 is 10.6 Å². The minimum Gasteiger partial charge on any atom is -0.391 e. The van der Waals surface area contributed by atoms with Crippen molar-refractivity contribution in [2.45, 2.75) is 57.7 Å². The van der Waals surface area contributed by atoms with Crippen LogP contribution in [0.15, 0.2) is 40.4 Å². The monoisotopic (exact) mass is 599 g/mol. The van der Waals surface area contributed by atoms with E-state index >= 15 is 0 Å². The summed E-state index contributed by atoms with van der Waals surface area (Å²) in [4.78, 5) is 34.2. The Kier molecular flexibility index (Phi) is 11.6. The summed E-state index contributed by atoms with van der Waals surface area (Å²) in [5, 5.41) is 20.5. The van der Waals surface area contributed by atoms with Crippen LogP contribution in [0.25, 0.3) is 10.4 Å². The zero-order valence-electron chi connectivity index (χ0n) is 24.7. The topological polar surface area (TPSA) is 139 Å². The molecule has 1 aliphatic heterocycles. The molecule has 1 unspecified atom stereocenters. The van der Waals surface area contributed by atoms with Crippen molar-refractivity contribution in [1.29, 1.82) is 0 Å². The van der Waals surface area contributed by atoms with Gasteiger partial charge in [-0.05, 0) is 45.4 Å². The summed E-state index contributed by atoms with van der Waals surface area (Å²) in [7, 11) is 1.86. The van der Waals surface area contributed by atoms with Gasteiger partial charge in [-0.15, -0.1) is 11.3 Å². The number of aliphatic hydroxyl groups is 1. The molecule has 1 aromatic carbocycles. The molecule has 228 valence electrons. The molecule has 0 radical (unpaired) electrons. The van der Waals surface area contributed by atoms with Crippen LogP contribution in [0.5, 0.6) is 0 Å². The first kappa shape index (κ1) is 31.8. The number of β-amino-alcohol motifs (C(OH)–C–C–N with tert-alkyl or cyclic N) is 1. The van der Waals surface area contributed by atoms with E-state index in [4.69, 9.17) is 14.0 Å². The number of hydrogen-bond acceptors (Lipinski definition) is 10. The second-order valence-corrected chi connectivity index (χ2v) is 11.4. The molecular weight excluding hydrogens is 558 g/mol. The van der Waals surface area contributed by atoms with Crippen molar-refractivity contribution in [3.05, 3.63) is 58.6 Å². The zero-order valence-corrected chi connectivity index (χ0v) is 25.5. The number of nitrogens with one attached hydrogen (secondary N) is 2. The molecule has 2 amide bonds. The van der Waals surface area contributed by atoms with E-state index in [9.17, 15) is 14.7 Å². The molecule has 3 heterocycles. The van der Waals surface area contributed by atoms with Crippen LogP contribution in [0.1, 0.15) is 54.4 Å². The number of thiazole rings is 1. The Hall–Kier alpha value is -3.16. The number of nitrogens with zero attached hydrogens (tertiary/aromatic N) is 3. The lowest BCUT2D eigenvalue weighted by molar-refractivity contribution is -0.140. The Morgan fingerprint density at radius 3 is 2.55 bits per heavy atom. The van der Waals surface area contributed by atoms with E-state index in [-0.39, 0.29) is 30.8 Å². The smallest absolute Gasteiger partial charge is 0.243 e. The Bertz CT molecular complexity index is 1300. The van der Waals surface area contributed by atoms with Crippen LogP contribution in [0.2, 0.25) is 0 Å². The highest BCUT2D eigenvalue weighted by Gasteiger charge is 2.42. The minimum absolute atomic E-state index is 0.0674. The van der Waals surface area contributed by atoms with Gasteiger partial charge in [0.2, 0.25) is 11.8 Å². The summed E-state index contributed by atoms with van der Waals surface area (Å²) in [5.41, 5.74) is 5.48. The first-order chi connectivity index (χ1) is 20.3. The number of aliphatic hydroxyl groups excluding tert-OH is 1. The van der Waals surface area contributed by atoms with Crippen LogP contribution in [-0.4, -0.2) is 90.7 Å². The third kappa shape index (κ3) is 8.23. The second-order valence-electron chi connectivity index (χ2n) is 10.6. The van der Waals surface area contributed by atoms with E-state index in [1.165, 1.54) is 4.90 Å². The lowest BCUT2D eigenvalue weighted by Crippen LogP contribution is -2.48. The number of rotatable bonds is 15. The van der Waals surface area contributed by atoms with Crippen molar-refractivity contribution in [3.8, 4) is 10.4 Å². The molecule has 1 aliphatic rings. The van der Waals surface area contributed by atoms with Gasteiger partial charge in [0.25, 0.3) is 0 Å². The van der Waals surface area contributed by atoms with Gasteiger partial charge >= 0.3 is 0 Å². The van der Waals surface area contributed by atoms with Crippen LogP contribution in [0.4, 0.5) is 0 Å². The molecule has 1 fully saturated rings. The third-order valence-electron chi connectivity index (χ3n) is 7.35. The molecule has 12 heteroatoms. The number of aryl methyl sites for hydroxylation is 2. The molecule has 0 spiro atoms. The van der Waals surface area contributed by atoms with E-state index in [0.29, 0.717) is 44.3 Å². The Morgan fingerprint density at radius 1 is 1.17 bits per heavy atom. The molecule has 4 rings (SSSR count). The fourth-order valence-corrected chi connectivity index (χ4v) is 5.85. The number of carbonyl (C=O) groups excluding carboxylic acids is 2. The van der Waals surface area contributed by atoms with Crippen LogP contribution in [0.3, 0.4) is 0 Å². The lowest BCUT2D eigenvalue weighted by atomic mass is 9.99. The first-order valence-electron chi connectivity index (χ1n) is 14.3. The fraction of sp³-hybridized carbons (Fsp3) is 0.533. The van der Waals surface area contributed by atoms with E-state index in [1.54, 1.807) is 24.3 Å². The highest BCUT2D eigenvalue weighted by atomic mass is 32.1. The summed E-state index contributed by atoms with van der Waals surface area (Å²) < 4.78 is 16.7. The molecule has 2 aromatic heterocycles. The Labute approximate surface area is 250 Å². The highest BCUT2D eigenvalue weighted by Crippen LogP contribution is 2.30. The normalized spacial score (nSPS) is 18.3. The Morgan fingerprint density at radius 2 is 1.90 bits per heavy atom. The number of ether oxygens (including phenoxy) is 2. The van der Waals surface area contributed by atoms with Crippen molar-refractivity contribution in [1.82, 2.24) is 25.7 Å². The molecule has 0 saturated carbocycles. The maximum atomic E-state index is 13.8. The maximum absolute atomic E-state index is 13.8. The molecule has 42 heavy (non-hydrogen) atoms. The number of aromatic nitrogens is 2. The summed E-state index contributed by atoms with van der Waals surface area (Å²) in [6, 6.07) is 8.65. The van der Waals surface area contributed by atoms with E-state index in [2.05, 4.69) is 20.8 Å². The molecule has 4 atom stereocenters. The number of carbonyl (C=O) groups is 2. The van der Waals surface area contributed by atoms with Gasteiger partial charge in [0.15, 0.2) is 0 Å². The molecule has 1 saturated heterocycles. The van der Waals surface area contributed by atoms with Crippen LogP contribution in [-0.2, 0) is 19.1 Å². The largest absolute Gasteiger partial charge is 0.391 e. The lowest BCUT2D eigenvalue weighted by Gasteiger charge is -2.28. The van der Waals surface area contributed by atoms with Gasteiger partial charge in [-0.2, -0.15) is 0 Å². The maximum Gasteiger partial charge on any atom is 0.243 e. The van der Waals surface area contributed by atoms with Gasteiger partial charge in [-0.3, -0.25) is 9.59 Å². The van der Waals surface area contributed by atoms with Gasteiger partial charge in [-0.25, -0.2) is 4.98 Å². The summed E-state index contributed by atoms with van der Waals surface area (Å²) >= 11 is 1.59. The molecule has 3 N–H and O–H groups in total. The molecule has 3 aromatic rings. The number of benzene rings is 1. The van der Waals surface area contributed by atoms with Gasteiger partial charge in [0, 0.05) is 32.2 Å². The second kappa shape index (κ2) is 15.4. The SMILES string of the molecule is CNCCOCCOCCC(C(=O)N1C[C@H](O)C[C@H]1C(=O)N[C@@H](C)c1ccc(-c2scnc2C)cc1)c1cc(C)no1. The van der Waals surface area contributed by atoms with Gasteiger partial charge < -0.3 is 34.6 Å². The standard InChI is InChI=1S/C30H41N5O6S/c1-19-15-27(41-34-19)25(9-11-39-13-14-40-12-10-31-4)30(38)35-17-24(36)16-26(35)29(37)33-20(2)22-5-7-23(8-6-22)28-21(3)32-18-42-28/h5-8,15,18,20,24-26,31,36H,9-14,16-17H2,1-4H3,(H,33,37)/t20-,24+,25?,26-/m0/s1. The summed E-state index contributed by atoms with van der Waals surface area (Å²) in [6.07, 6.45) is -0.298. The predicted octanol–water partition coefficient (Wildman–Crippen LogP) is 2.98. The minimum atomic E-state index is -0.804. The predicted molar refractivity (Wildman–Crippen MR) is 159 cm³/mol. The van der Waals surface area contributed by atoms with Crippen LogP contribution >= 0.6 is 11.3 Å². The Balaban J connectivity index is 1.38. The first-order valence-corrected chi connectivity index (χ1v) is 15.2. The number of likely N-dealkylation sites (N-methyl/N-ethyl adjacent to an activating group) is 1. The van der Waals surface area contributed by atoms with Crippen molar-refractivity contribution in [3.63, 3.8) is 0 Å². The van der Waals surface area contributed by atoms with Crippen LogP contribution in [0, 0.1) is 13.8 Å². The van der Waals surface area contributed by atoms with Gasteiger partial charge in [0.1, 0.15) is 17.7 Å². The van der Waals surface area contributed by atoms with Crippen molar-refractivity contribution in [2.75, 3.05) is 46.6 Å². The molecule has 0 aliphatic carbocycles. The fourth-order valence-electron chi connectivity index (χ4n) is 5.03. The summed E-state index contributed by atoms with van der Waals surface area (Å²) in [6.45, 7) is 8.24. The molecule has 0 bridgehead atoms. The van der Waals surface area contributed by atoms with Crippen molar-refractivity contribution in [2.24, 2.45) is 0 Å². The molecular formula is C30H41N5O6S. The van der Waals surface area contributed by atoms with Gasteiger partial charge in [-0.1, -0.05) is 29.4 Å². The summed E-state index contributed by atoms with van der Waals surface area (Å²) in [5.74, 6) is -0.889. The molecule has 11 nitrogen and oxygen atoms in total. The third-order valence-corrected chi connectivity index (χ3v) is 8.33. The van der Waals surface area contributed by atoms with E-state index < -0.39 is 18.1 Å². The zero-order chi connectivity index (χ0) is 30.1. The van der Waals surface area contributed by atoms with Gasteiger partial charge in [0.05, 0.1) is 53.7 Å². The average molecular weight is 600 g/mol. The number of hydrogen-bond donors (Lipinski definition) is 3. The van der Waals surface area contributed by atoms with E-state index in [1.807, 2.05) is 50.7 Å². The highest BCUT2D eigenvalue weighted by molar-refractivity contribution is 7.13. The van der Waals surface area contributed by atoms with Crippen molar-refractivity contribution < 1.29 is 28.7 Å². The average Bonchev–Trinajstić information content (AvgIpc) is 3.71. The van der Waals surface area contributed by atoms with E-state index in [0.717, 1.165) is 28.2 Å². The number of likely N-dealkylation sites (tertiary alicyclic amines) is 1. The van der Waals surface area contributed by atoms with Crippen molar-refractivity contribution >= 4 is 23.2 Å². The quantitative estimate of drug-likeness (QED) is 0.225. The number of amides is 2.